The van der Waals surface area contributed by atoms with Crippen LogP contribution in [-0.2, 0) is 6.54 Å². The molecule has 0 amide bonds. The number of aromatic nitrogens is 2. The Bertz CT molecular complexity index is 1280. The van der Waals surface area contributed by atoms with Crippen molar-refractivity contribution in [3.05, 3.63) is 69.7 Å². The summed E-state index contributed by atoms with van der Waals surface area (Å²) < 4.78 is 0. The second-order valence-electron chi connectivity index (χ2n) is 7.16. The zero-order valence-corrected chi connectivity index (χ0v) is 18.0. The van der Waals surface area contributed by atoms with Gasteiger partial charge in [-0.3, -0.25) is 4.90 Å². The molecule has 1 N–H and O–H groups in total. The minimum Gasteiger partial charge on any atom is -0.478 e. The van der Waals surface area contributed by atoms with E-state index >= 15 is 0 Å². The molecule has 30 heavy (non-hydrogen) atoms. The van der Waals surface area contributed by atoms with Gasteiger partial charge >= 0.3 is 5.97 Å². The predicted octanol–water partition coefficient (Wildman–Crippen LogP) is 5.49. The van der Waals surface area contributed by atoms with Gasteiger partial charge < -0.3 is 5.11 Å². The van der Waals surface area contributed by atoms with E-state index in [2.05, 4.69) is 24.0 Å². The van der Waals surface area contributed by atoms with Crippen LogP contribution in [0.15, 0.2) is 47.2 Å². The van der Waals surface area contributed by atoms with Crippen molar-refractivity contribution in [2.24, 2.45) is 0 Å². The van der Waals surface area contributed by atoms with Gasteiger partial charge in [-0.15, -0.1) is 22.7 Å². The molecule has 0 unspecified atom stereocenters. The summed E-state index contributed by atoms with van der Waals surface area (Å²) in [5.41, 5.74) is 4.53. The van der Waals surface area contributed by atoms with Crippen LogP contribution in [-0.4, -0.2) is 39.0 Å². The number of hydrogen-bond acceptors (Lipinski definition) is 6. The number of pyridine rings is 1. The Balaban J connectivity index is 1.68. The summed E-state index contributed by atoms with van der Waals surface area (Å²) in [7, 11) is 0. The molecule has 0 aliphatic carbocycles. The predicted molar refractivity (Wildman–Crippen MR) is 123 cm³/mol. The molecule has 1 aromatic carbocycles. The van der Waals surface area contributed by atoms with E-state index in [0.29, 0.717) is 23.0 Å². The number of carboxylic acid groups (broad SMARTS) is 1. The number of likely N-dealkylation sites (N-methyl/N-ethyl adjacent to an activating group) is 1. The molecule has 1 aliphatic heterocycles. The fourth-order valence-electron chi connectivity index (χ4n) is 3.89. The molecule has 0 saturated carbocycles. The third-order valence-corrected chi connectivity index (χ3v) is 7.21. The molecular formula is C23H19N3O2S2. The maximum atomic E-state index is 12.2. The molecule has 0 bridgehead atoms. The molecule has 4 aromatic rings. The summed E-state index contributed by atoms with van der Waals surface area (Å²) in [5.74, 6) is -0.907. The highest BCUT2D eigenvalue weighted by atomic mass is 32.1. The number of nitrogens with zero attached hydrogens (tertiary/aromatic N) is 3. The number of thiazole rings is 1. The minimum absolute atomic E-state index is 0.359. The third kappa shape index (κ3) is 3.35. The average Bonchev–Trinajstić information content (AvgIpc) is 3.43. The van der Waals surface area contributed by atoms with Gasteiger partial charge in [0.2, 0.25) is 0 Å². The molecule has 5 rings (SSSR count). The van der Waals surface area contributed by atoms with Crippen molar-refractivity contribution in [2.45, 2.75) is 13.5 Å². The lowest BCUT2D eigenvalue weighted by Crippen LogP contribution is -2.31. The van der Waals surface area contributed by atoms with Gasteiger partial charge in [-0.25, -0.2) is 14.8 Å². The maximum absolute atomic E-state index is 12.2. The summed E-state index contributed by atoms with van der Waals surface area (Å²) in [6, 6.07) is 11.6. The summed E-state index contributed by atoms with van der Waals surface area (Å²) in [6.45, 7) is 4.23. The number of thiophene rings is 1. The van der Waals surface area contributed by atoms with E-state index in [-0.39, 0.29) is 0 Å². The number of rotatable bonds is 4. The lowest BCUT2D eigenvalue weighted by Gasteiger charge is -2.30. The summed E-state index contributed by atoms with van der Waals surface area (Å²) in [5, 5.41) is 15.8. The quantitative estimate of drug-likeness (QED) is 0.461. The highest BCUT2D eigenvalue weighted by molar-refractivity contribution is 7.20. The first-order chi connectivity index (χ1) is 14.6. The SMILES string of the molecule is CCN1CC(=Cc2csc(-c3cccs3)n2)c2nc3ccccc3c(C(=O)O)c2C1. The van der Waals surface area contributed by atoms with Crippen LogP contribution in [0.5, 0.6) is 0 Å². The number of benzene rings is 1. The van der Waals surface area contributed by atoms with Gasteiger partial charge in [0.05, 0.1) is 27.3 Å². The van der Waals surface area contributed by atoms with Crippen molar-refractivity contribution in [1.82, 2.24) is 14.9 Å². The Morgan fingerprint density at radius 1 is 1.17 bits per heavy atom. The van der Waals surface area contributed by atoms with Gasteiger partial charge in [0.25, 0.3) is 0 Å². The van der Waals surface area contributed by atoms with Crippen molar-refractivity contribution in [2.75, 3.05) is 13.1 Å². The Kier molecular flexibility index (Phi) is 4.94. The van der Waals surface area contributed by atoms with Gasteiger partial charge in [-0.05, 0) is 35.7 Å². The second kappa shape index (κ2) is 7.75. The Hall–Kier alpha value is -2.87. The number of carbonyl (C=O) groups is 1. The topological polar surface area (TPSA) is 66.3 Å². The van der Waals surface area contributed by atoms with Gasteiger partial charge in [0, 0.05) is 29.4 Å². The van der Waals surface area contributed by atoms with E-state index in [1.165, 1.54) is 0 Å². The fraction of sp³-hybridized carbons (Fsp3) is 0.174. The first-order valence-electron chi connectivity index (χ1n) is 9.71. The number of fused-ring (bicyclic) bond motifs is 2. The summed E-state index contributed by atoms with van der Waals surface area (Å²) in [6.07, 6.45) is 2.06. The standard InChI is InChI=1S/C23H19N3O2S2/c1-2-26-11-14(10-15-13-30-22(24-15)19-8-5-9-29-19)21-17(12-26)20(23(27)28)16-6-3-4-7-18(16)25-21/h3-10,13H,2,11-12H2,1H3,(H,27,28). The maximum Gasteiger partial charge on any atom is 0.336 e. The van der Waals surface area contributed by atoms with Crippen molar-refractivity contribution in [1.29, 1.82) is 0 Å². The fourth-order valence-corrected chi connectivity index (χ4v) is 5.48. The van der Waals surface area contributed by atoms with Crippen LogP contribution in [0.1, 0.15) is 34.2 Å². The number of carboxylic acids is 1. The molecule has 4 heterocycles. The second-order valence-corrected chi connectivity index (χ2v) is 8.97. The van der Waals surface area contributed by atoms with Crippen molar-refractivity contribution < 1.29 is 9.90 Å². The lowest BCUT2D eigenvalue weighted by molar-refractivity contribution is 0.0696. The summed E-state index contributed by atoms with van der Waals surface area (Å²) in [4.78, 5) is 25.3. The molecular weight excluding hydrogens is 414 g/mol. The van der Waals surface area contributed by atoms with Gasteiger partial charge in [0.15, 0.2) is 0 Å². The zero-order chi connectivity index (χ0) is 20.7. The molecule has 7 heteroatoms. The average molecular weight is 434 g/mol. The van der Waals surface area contributed by atoms with Crippen molar-refractivity contribution in [3.8, 4) is 9.88 Å². The number of hydrogen-bond donors (Lipinski definition) is 1. The van der Waals surface area contributed by atoms with E-state index in [0.717, 1.165) is 45.5 Å². The van der Waals surface area contributed by atoms with Crippen LogP contribution in [0.4, 0.5) is 0 Å². The molecule has 0 saturated heterocycles. The lowest BCUT2D eigenvalue weighted by atomic mass is 9.92. The van der Waals surface area contributed by atoms with Crippen LogP contribution in [0.3, 0.4) is 0 Å². The van der Waals surface area contributed by atoms with Crippen LogP contribution in [0.2, 0.25) is 0 Å². The molecule has 0 spiro atoms. The van der Waals surface area contributed by atoms with Gasteiger partial charge in [0.1, 0.15) is 5.01 Å². The van der Waals surface area contributed by atoms with E-state index in [4.69, 9.17) is 9.97 Å². The molecule has 3 aromatic heterocycles. The first kappa shape index (κ1) is 19.1. The van der Waals surface area contributed by atoms with Crippen molar-refractivity contribution in [3.63, 3.8) is 0 Å². The Labute approximate surface area is 182 Å². The van der Waals surface area contributed by atoms with Crippen LogP contribution in [0.25, 0.3) is 32.4 Å². The normalized spacial score (nSPS) is 15.6. The molecule has 150 valence electrons. The molecule has 0 atom stereocenters. The van der Waals surface area contributed by atoms with E-state index in [9.17, 15) is 9.90 Å². The number of aromatic carboxylic acids is 1. The van der Waals surface area contributed by atoms with Gasteiger partial charge in [-0.2, -0.15) is 0 Å². The Morgan fingerprint density at radius 3 is 2.80 bits per heavy atom. The van der Waals surface area contributed by atoms with Crippen LogP contribution >= 0.6 is 22.7 Å². The van der Waals surface area contributed by atoms with E-state index in [1.807, 2.05) is 41.1 Å². The summed E-state index contributed by atoms with van der Waals surface area (Å²) >= 11 is 3.30. The monoisotopic (exact) mass is 433 g/mol. The highest BCUT2D eigenvalue weighted by Crippen LogP contribution is 2.35. The minimum atomic E-state index is -0.907. The van der Waals surface area contributed by atoms with Crippen LogP contribution in [0, 0.1) is 0 Å². The smallest absolute Gasteiger partial charge is 0.336 e. The molecule has 1 aliphatic rings. The highest BCUT2D eigenvalue weighted by Gasteiger charge is 2.28. The van der Waals surface area contributed by atoms with E-state index in [1.54, 1.807) is 22.7 Å². The van der Waals surface area contributed by atoms with Crippen molar-refractivity contribution >= 4 is 51.2 Å². The zero-order valence-electron chi connectivity index (χ0n) is 16.3. The number of para-hydroxylation sites is 1. The third-order valence-electron chi connectivity index (χ3n) is 5.31. The largest absolute Gasteiger partial charge is 0.478 e. The Morgan fingerprint density at radius 2 is 2.03 bits per heavy atom. The van der Waals surface area contributed by atoms with E-state index < -0.39 is 5.97 Å². The molecule has 0 fully saturated rings. The van der Waals surface area contributed by atoms with Crippen LogP contribution < -0.4 is 0 Å². The molecule has 5 nitrogen and oxygen atoms in total. The first-order valence-corrected chi connectivity index (χ1v) is 11.5. The van der Waals surface area contributed by atoms with Gasteiger partial charge in [-0.1, -0.05) is 31.2 Å². The molecule has 0 radical (unpaired) electrons.